The number of hydrogen-bond acceptors (Lipinski definition) is 3. The van der Waals surface area contributed by atoms with Crippen LogP contribution in [0.1, 0.15) is 12.0 Å². The van der Waals surface area contributed by atoms with Gasteiger partial charge in [-0.1, -0.05) is 35.3 Å². The van der Waals surface area contributed by atoms with E-state index in [1.165, 1.54) is 18.2 Å². The van der Waals surface area contributed by atoms with Gasteiger partial charge in [-0.2, -0.15) is 13.2 Å². The van der Waals surface area contributed by atoms with Crippen LogP contribution in [0.25, 0.3) is 6.08 Å². The summed E-state index contributed by atoms with van der Waals surface area (Å²) in [6.07, 6.45) is -3.68. The van der Waals surface area contributed by atoms with Crippen molar-refractivity contribution < 1.29 is 26.7 Å². The van der Waals surface area contributed by atoms with Crippen molar-refractivity contribution in [1.82, 2.24) is 0 Å². The molecule has 0 saturated heterocycles. The van der Waals surface area contributed by atoms with E-state index in [4.69, 9.17) is 23.2 Å². The molecule has 1 N–H and O–H groups in total. The number of benzene rings is 1. The van der Waals surface area contributed by atoms with Gasteiger partial charge in [0, 0.05) is 12.7 Å². The number of hydrogen-bond donors (Lipinski definition) is 1. The monoisotopic (exact) mass is 376 g/mol. The molecule has 1 rings (SSSR count). The Morgan fingerprint density at radius 1 is 1.23 bits per heavy atom. The standard InChI is InChI=1S/C13H13Cl2F3O3S/c1-22(20,21)7-6-12(19,13(16,17)18)5-4-9-2-3-10(14)11(15)8-9/h2-5,8,19H,6-7H2,1H3. The zero-order valence-electron chi connectivity index (χ0n) is 11.4. The van der Waals surface area contributed by atoms with Crippen LogP contribution in [0.2, 0.25) is 10.0 Å². The Bertz CT molecular complexity index is 672. The lowest BCUT2D eigenvalue weighted by molar-refractivity contribution is -0.239. The van der Waals surface area contributed by atoms with E-state index in [0.29, 0.717) is 6.08 Å². The summed E-state index contributed by atoms with van der Waals surface area (Å²) in [5.41, 5.74) is -2.96. The summed E-state index contributed by atoms with van der Waals surface area (Å²) in [7, 11) is -3.65. The lowest BCUT2D eigenvalue weighted by Crippen LogP contribution is -2.44. The summed E-state index contributed by atoms with van der Waals surface area (Å²) in [5.74, 6) is -0.797. The van der Waals surface area contributed by atoms with Crippen LogP contribution >= 0.6 is 23.2 Å². The second-order valence-electron chi connectivity index (χ2n) is 4.81. The second kappa shape index (κ2) is 6.78. The molecule has 0 fully saturated rings. The van der Waals surface area contributed by atoms with Crippen molar-refractivity contribution >= 4 is 39.1 Å². The molecule has 22 heavy (non-hydrogen) atoms. The summed E-state index contributed by atoms with van der Waals surface area (Å²) in [4.78, 5) is 0. The molecule has 0 aliphatic heterocycles. The fraction of sp³-hybridized carbons (Fsp3) is 0.385. The minimum absolute atomic E-state index is 0.149. The third-order valence-corrected chi connectivity index (χ3v) is 4.52. The van der Waals surface area contributed by atoms with Crippen LogP contribution in [0.4, 0.5) is 13.2 Å². The lowest BCUT2D eigenvalue weighted by atomic mass is 9.98. The first kappa shape index (κ1) is 19.3. The van der Waals surface area contributed by atoms with E-state index in [0.717, 1.165) is 12.3 Å². The quantitative estimate of drug-likeness (QED) is 0.851. The molecule has 3 nitrogen and oxygen atoms in total. The lowest BCUT2D eigenvalue weighted by Gasteiger charge is -2.27. The number of sulfone groups is 1. The Balaban J connectivity index is 3.07. The maximum atomic E-state index is 13.0. The highest BCUT2D eigenvalue weighted by Crippen LogP contribution is 2.35. The maximum absolute atomic E-state index is 13.0. The number of alkyl halides is 3. The van der Waals surface area contributed by atoms with Gasteiger partial charge in [-0.25, -0.2) is 8.42 Å². The van der Waals surface area contributed by atoms with Crippen molar-refractivity contribution in [3.63, 3.8) is 0 Å². The molecule has 0 aliphatic carbocycles. The molecule has 9 heteroatoms. The average Bonchev–Trinajstić information content (AvgIpc) is 2.35. The summed E-state index contributed by atoms with van der Waals surface area (Å²) in [5, 5.41) is 10.1. The summed E-state index contributed by atoms with van der Waals surface area (Å²) in [6, 6.07) is 4.14. The minimum atomic E-state index is -5.01. The molecule has 0 bridgehead atoms. The topological polar surface area (TPSA) is 54.4 Å². The average molecular weight is 377 g/mol. The highest BCUT2D eigenvalue weighted by molar-refractivity contribution is 7.90. The van der Waals surface area contributed by atoms with Crippen LogP contribution in [-0.2, 0) is 9.84 Å². The fourth-order valence-corrected chi connectivity index (χ4v) is 2.50. The van der Waals surface area contributed by atoms with Crippen LogP contribution in [0.3, 0.4) is 0 Å². The van der Waals surface area contributed by atoms with Crippen LogP contribution in [0.15, 0.2) is 24.3 Å². The number of rotatable bonds is 5. The van der Waals surface area contributed by atoms with Gasteiger partial charge in [0.25, 0.3) is 0 Å². The van der Waals surface area contributed by atoms with Crippen molar-refractivity contribution in [2.45, 2.75) is 18.2 Å². The summed E-state index contributed by atoms with van der Waals surface area (Å²) in [6.45, 7) is 0. The Labute approximate surface area is 136 Å². The van der Waals surface area contributed by atoms with Gasteiger partial charge in [0.15, 0.2) is 5.60 Å². The second-order valence-corrected chi connectivity index (χ2v) is 7.88. The van der Waals surface area contributed by atoms with E-state index in [-0.39, 0.29) is 15.6 Å². The van der Waals surface area contributed by atoms with Gasteiger partial charge in [0.1, 0.15) is 9.84 Å². The highest BCUT2D eigenvalue weighted by Gasteiger charge is 2.51. The first-order chi connectivity index (χ1) is 9.84. The predicted molar refractivity (Wildman–Crippen MR) is 80.8 cm³/mol. The van der Waals surface area contributed by atoms with Crippen molar-refractivity contribution in [3.05, 3.63) is 39.9 Å². The molecular weight excluding hydrogens is 364 g/mol. The van der Waals surface area contributed by atoms with E-state index in [9.17, 15) is 26.7 Å². The fourth-order valence-electron chi connectivity index (χ4n) is 1.51. The molecule has 1 aromatic carbocycles. The van der Waals surface area contributed by atoms with Gasteiger partial charge in [0.05, 0.1) is 15.8 Å². The SMILES string of the molecule is CS(=O)(=O)CCC(O)(C=Cc1ccc(Cl)c(Cl)c1)C(F)(F)F. The Morgan fingerprint density at radius 3 is 2.27 bits per heavy atom. The smallest absolute Gasteiger partial charge is 0.377 e. The third kappa shape index (κ3) is 5.46. The van der Waals surface area contributed by atoms with E-state index in [1.54, 1.807) is 0 Å². The van der Waals surface area contributed by atoms with Gasteiger partial charge >= 0.3 is 6.18 Å². The molecule has 0 aliphatic rings. The highest BCUT2D eigenvalue weighted by atomic mass is 35.5. The molecule has 124 valence electrons. The molecule has 0 heterocycles. The zero-order valence-corrected chi connectivity index (χ0v) is 13.7. The van der Waals surface area contributed by atoms with E-state index < -0.39 is 33.8 Å². The Kier molecular flexibility index (Phi) is 5.94. The molecule has 0 radical (unpaired) electrons. The Morgan fingerprint density at radius 2 is 1.82 bits per heavy atom. The maximum Gasteiger partial charge on any atom is 0.420 e. The van der Waals surface area contributed by atoms with Gasteiger partial charge in [-0.15, -0.1) is 0 Å². The van der Waals surface area contributed by atoms with E-state index in [2.05, 4.69) is 0 Å². The van der Waals surface area contributed by atoms with Gasteiger partial charge in [-0.05, 0) is 23.8 Å². The Hall–Kier alpha value is -0.760. The third-order valence-electron chi connectivity index (χ3n) is 2.84. The predicted octanol–water partition coefficient (Wildman–Crippen LogP) is 3.73. The molecular formula is C13H13Cl2F3O3S. The van der Waals surface area contributed by atoms with Crippen molar-refractivity contribution in [3.8, 4) is 0 Å². The first-order valence-corrected chi connectivity index (χ1v) is 8.77. The van der Waals surface area contributed by atoms with Gasteiger partial charge < -0.3 is 5.11 Å². The largest absolute Gasteiger partial charge is 0.420 e. The summed E-state index contributed by atoms with van der Waals surface area (Å²) < 4.78 is 61.0. The van der Waals surface area contributed by atoms with Crippen LogP contribution in [-0.4, -0.2) is 37.3 Å². The van der Waals surface area contributed by atoms with E-state index in [1.807, 2.05) is 0 Å². The number of aliphatic hydroxyl groups is 1. The van der Waals surface area contributed by atoms with Crippen LogP contribution < -0.4 is 0 Å². The minimum Gasteiger partial charge on any atom is -0.377 e. The first-order valence-electron chi connectivity index (χ1n) is 5.95. The van der Waals surface area contributed by atoms with Crippen LogP contribution in [0.5, 0.6) is 0 Å². The molecule has 1 aromatic rings. The molecule has 0 saturated carbocycles. The van der Waals surface area contributed by atoms with Crippen molar-refractivity contribution in [1.29, 1.82) is 0 Å². The molecule has 1 atom stereocenters. The van der Waals surface area contributed by atoms with Gasteiger partial charge in [-0.3, -0.25) is 0 Å². The summed E-state index contributed by atoms with van der Waals surface area (Å²) >= 11 is 11.4. The zero-order chi connectivity index (χ0) is 17.2. The number of halogens is 5. The van der Waals surface area contributed by atoms with Crippen molar-refractivity contribution in [2.75, 3.05) is 12.0 Å². The van der Waals surface area contributed by atoms with Crippen molar-refractivity contribution in [2.24, 2.45) is 0 Å². The normalized spacial score (nSPS) is 16.0. The molecule has 0 spiro atoms. The van der Waals surface area contributed by atoms with Crippen LogP contribution in [0, 0.1) is 0 Å². The molecule has 1 unspecified atom stereocenters. The van der Waals surface area contributed by atoms with E-state index >= 15 is 0 Å². The molecule has 0 amide bonds. The molecule has 0 aromatic heterocycles. The van der Waals surface area contributed by atoms with Gasteiger partial charge in [0.2, 0.25) is 0 Å².